The van der Waals surface area contributed by atoms with Crippen LogP contribution in [0.3, 0.4) is 0 Å². The van der Waals surface area contributed by atoms with Crippen molar-refractivity contribution in [1.29, 1.82) is 0 Å². The van der Waals surface area contributed by atoms with Gasteiger partial charge in [-0.3, -0.25) is 10.00 Å². The molecule has 0 radical (unpaired) electrons. The van der Waals surface area contributed by atoms with Crippen molar-refractivity contribution in [2.45, 2.75) is 51.9 Å². The molecule has 0 amide bonds. The highest BCUT2D eigenvalue weighted by Crippen LogP contribution is 2.37. The van der Waals surface area contributed by atoms with Gasteiger partial charge in [0.15, 0.2) is 29.0 Å². The fourth-order valence-electron chi connectivity index (χ4n) is 6.00. The maximum Gasteiger partial charge on any atom is 0.191 e. The van der Waals surface area contributed by atoms with Crippen molar-refractivity contribution < 1.29 is 13.5 Å². The van der Waals surface area contributed by atoms with Crippen LogP contribution in [0, 0.1) is 18.6 Å². The number of piperazine rings is 1. The Morgan fingerprint density at radius 2 is 1.79 bits per heavy atom. The van der Waals surface area contributed by atoms with Gasteiger partial charge in [0.25, 0.3) is 0 Å². The second-order valence-electron chi connectivity index (χ2n) is 11.6. The summed E-state index contributed by atoms with van der Waals surface area (Å²) >= 11 is 0. The number of para-hydroxylation sites is 1. The van der Waals surface area contributed by atoms with Crippen LogP contribution < -0.4 is 15.0 Å². The predicted molar refractivity (Wildman–Crippen MR) is 161 cm³/mol. The number of halogens is 2. The van der Waals surface area contributed by atoms with Gasteiger partial charge in [0, 0.05) is 60.6 Å². The highest BCUT2D eigenvalue weighted by molar-refractivity contribution is 5.92. The highest BCUT2D eigenvalue weighted by atomic mass is 19.1. The van der Waals surface area contributed by atoms with Gasteiger partial charge >= 0.3 is 0 Å². The number of anilines is 3. The highest BCUT2D eigenvalue weighted by Gasteiger charge is 2.44. The number of aromatic nitrogens is 5. The molecule has 9 nitrogen and oxygen atoms in total. The van der Waals surface area contributed by atoms with Crippen molar-refractivity contribution in [2.75, 3.05) is 23.3 Å². The van der Waals surface area contributed by atoms with E-state index in [9.17, 15) is 8.78 Å². The third-order valence-corrected chi connectivity index (χ3v) is 8.01. The lowest BCUT2D eigenvalue weighted by molar-refractivity contribution is -0.00883. The van der Waals surface area contributed by atoms with Crippen LogP contribution in [0.15, 0.2) is 60.8 Å². The average molecular weight is 583 g/mol. The number of aryl methyl sites for hydroxylation is 1. The Labute approximate surface area is 247 Å². The van der Waals surface area contributed by atoms with Crippen LogP contribution in [-0.4, -0.2) is 61.3 Å². The van der Waals surface area contributed by atoms with E-state index in [4.69, 9.17) is 19.7 Å². The fraction of sp³-hybridized carbons (Fsp3) is 0.312. The minimum Gasteiger partial charge on any atom is -0.485 e. The molecule has 2 bridgehead atoms. The Morgan fingerprint density at radius 3 is 2.47 bits per heavy atom. The van der Waals surface area contributed by atoms with E-state index in [0.29, 0.717) is 41.7 Å². The van der Waals surface area contributed by atoms with Gasteiger partial charge in [-0.1, -0.05) is 12.1 Å². The number of aromatic amines is 1. The van der Waals surface area contributed by atoms with Gasteiger partial charge in [-0.15, -0.1) is 0 Å². The van der Waals surface area contributed by atoms with Crippen LogP contribution in [-0.2, 0) is 6.54 Å². The maximum absolute atomic E-state index is 14.6. The Kier molecular flexibility index (Phi) is 6.89. The number of nitrogens with zero attached hydrogens (tertiary/aromatic N) is 6. The maximum atomic E-state index is 14.6. The summed E-state index contributed by atoms with van der Waals surface area (Å²) < 4.78 is 34.4. The molecule has 3 fully saturated rings. The third kappa shape index (κ3) is 5.36. The second-order valence-corrected chi connectivity index (χ2v) is 11.6. The monoisotopic (exact) mass is 582 g/mol. The molecule has 5 aromatic rings. The molecule has 6 heterocycles. The lowest BCUT2D eigenvalue weighted by Gasteiger charge is -2.56. The number of piperidine rings is 1. The quantitative estimate of drug-likeness (QED) is 0.230. The van der Waals surface area contributed by atoms with Gasteiger partial charge in [0.2, 0.25) is 0 Å². The first-order valence-electron chi connectivity index (χ1n) is 14.5. The van der Waals surface area contributed by atoms with E-state index in [1.54, 1.807) is 13.8 Å². The number of H-pyrrole nitrogens is 1. The topological polar surface area (TPSA) is 95.1 Å². The van der Waals surface area contributed by atoms with Crippen molar-refractivity contribution in [3.8, 4) is 17.1 Å². The molecule has 11 heteroatoms. The van der Waals surface area contributed by atoms with E-state index in [1.807, 2.05) is 55.6 Å². The van der Waals surface area contributed by atoms with Crippen molar-refractivity contribution in [3.63, 3.8) is 0 Å². The number of ether oxygens (including phenoxy) is 1. The van der Waals surface area contributed by atoms with Crippen LogP contribution in [0.1, 0.15) is 31.5 Å². The second kappa shape index (κ2) is 10.9. The fourth-order valence-corrected chi connectivity index (χ4v) is 6.00. The molecule has 8 rings (SSSR count). The molecule has 2 aromatic carbocycles. The largest absolute Gasteiger partial charge is 0.485 e. The molecule has 220 valence electrons. The van der Waals surface area contributed by atoms with Gasteiger partial charge in [-0.2, -0.15) is 5.10 Å². The molecule has 2 N–H and O–H groups in total. The molecule has 0 saturated carbocycles. The Morgan fingerprint density at radius 1 is 1.02 bits per heavy atom. The van der Waals surface area contributed by atoms with Crippen LogP contribution in [0.5, 0.6) is 5.75 Å². The normalized spacial score (nSPS) is 18.2. The number of fused-ring (bicyclic) bond motifs is 3. The number of benzene rings is 2. The summed E-state index contributed by atoms with van der Waals surface area (Å²) in [6.45, 7) is 7.54. The standard InChI is InChI=1S/C32H32F2N8O/c1-18(2)43-30-25(33)11-20(12-26(30)34)15-42-22-13-23(42)17-41(16-22)29-9-8-21(14-35-29)31-36-27-7-5-4-6-24(27)32(38-31)37-28-10-19(3)39-40-28/h4-12,14,18,22-23H,13,15-17H2,1-3H3,(H2,36,37,38,39,40). The van der Waals surface area contributed by atoms with Gasteiger partial charge in [0.1, 0.15) is 11.6 Å². The molecule has 0 aliphatic carbocycles. The van der Waals surface area contributed by atoms with Crippen molar-refractivity contribution in [2.24, 2.45) is 0 Å². The zero-order valence-corrected chi connectivity index (χ0v) is 24.2. The predicted octanol–water partition coefficient (Wildman–Crippen LogP) is 6.00. The van der Waals surface area contributed by atoms with Crippen molar-refractivity contribution in [3.05, 3.63) is 83.7 Å². The number of nitrogens with one attached hydrogen (secondary N) is 2. The van der Waals surface area contributed by atoms with E-state index in [-0.39, 0.29) is 11.9 Å². The molecular weight excluding hydrogens is 550 g/mol. The van der Waals surface area contributed by atoms with Gasteiger partial charge in [-0.25, -0.2) is 23.7 Å². The summed E-state index contributed by atoms with van der Waals surface area (Å²) in [7, 11) is 0. The van der Waals surface area contributed by atoms with Crippen molar-refractivity contribution >= 4 is 28.4 Å². The first kappa shape index (κ1) is 27.2. The Bertz CT molecular complexity index is 1760. The van der Waals surface area contributed by atoms with E-state index in [1.165, 1.54) is 12.1 Å². The zero-order valence-electron chi connectivity index (χ0n) is 24.2. The molecule has 3 aliphatic heterocycles. The summed E-state index contributed by atoms with van der Waals surface area (Å²) in [6.07, 6.45) is 2.57. The molecule has 3 aromatic heterocycles. The summed E-state index contributed by atoms with van der Waals surface area (Å²) in [5.74, 6) is 1.20. The number of rotatable bonds is 8. The summed E-state index contributed by atoms with van der Waals surface area (Å²) in [4.78, 5) is 19.0. The average Bonchev–Trinajstić information content (AvgIpc) is 3.42. The zero-order chi connectivity index (χ0) is 29.7. The SMILES string of the molecule is Cc1cc(Nc2nc(-c3ccc(N4CC5CC(C4)N5Cc4cc(F)c(OC(C)C)c(F)c4)nc3)nc3ccccc23)n[nH]1. The van der Waals surface area contributed by atoms with E-state index < -0.39 is 11.6 Å². The molecule has 3 aliphatic rings. The smallest absolute Gasteiger partial charge is 0.191 e. The van der Waals surface area contributed by atoms with Crippen molar-refractivity contribution in [1.82, 2.24) is 30.0 Å². The summed E-state index contributed by atoms with van der Waals surface area (Å²) in [5.41, 5.74) is 3.20. The van der Waals surface area contributed by atoms with Crippen LogP contribution in [0.4, 0.5) is 26.2 Å². The lowest BCUT2D eigenvalue weighted by atomic mass is 9.86. The molecule has 43 heavy (non-hydrogen) atoms. The number of hydrogen-bond donors (Lipinski definition) is 2. The first-order valence-corrected chi connectivity index (χ1v) is 14.5. The Hall–Kier alpha value is -4.64. The van der Waals surface area contributed by atoms with Gasteiger partial charge < -0.3 is 15.0 Å². The molecule has 2 atom stereocenters. The van der Waals surface area contributed by atoms with Gasteiger partial charge in [-0.05, 0) is 69.2 Å². The van der Waals surface area contributed by atoms with Crippen LogP contribution in [0.2, 0.25) is 0 Å². The van der Waals surface area contributed by atoms with Gasteiger partial charge in [0.05, 0.1) is 11.6 Å². The molecule has 0 spiro atoms. The Balaban J connectivity index is 1.05. The molecule has 2 unspecified atom stereocenters. The molecular formula is C32H32F2N8O. The lowest BCUT2D eigenvalue weighted by Crippen LogP contribution is -2.68. The van der Waals surface area contributed by atoms with E-state index in [2.05, 4.69) is 25.3 Å². The van der Waals surface area contributed by atoms with E-state index in [0.717, 1.165) is 47.5 Å². The third-order valence-electron chi connectivity index (χ3n) is 8.01. The first-order chi connectivity index (χ1) is 20.8. The summed E-state index contributed by atoms with van der Waals surface area (Å²) in [6, 6.07) is 17.2. The van der Waals surface area contributed by atoms with E-state index >= 15 is 0 Å². The minimum atomic E-state index is -0.658. The summed E-state index contributed by atoms with van der Waals surface area (Å²) in [5, 5.41) is 11.4. The van der Waals surface area contributed by atoms with Crippen LogP contribution >= 0.6 is 0 Å². The number of pyridine rings is 1. The molecule has 3 saturated heterocycles. The number of hydrogen-bond acceptors (Lipinski definition) is 8. The minimum absolute atomic E-state index is 0.293. The van der Waals surface area contributed by atoms with Crippen LogP contribution in [0.25, 0.3) is 22.3 Å².